The molecule has 0 radical (unpaired) electrons. The van der Waals surface area contributed by atoms with Crippen molar-refractivity contribution in [3.05, 3.63) is 64.7 Å². The quantitative estimate of drug-likeness (QED) is 0.846. The van der Waals surface area contributed by atoms with E-state index in [0.29, 0.717) is 16.3 Å². The van der Waals surface area contributed by atoms with Crippen LogP contribution in [0.5, 0.6) is 0 Å². The van der Waals surface area contributed by atoms with Crippen molar-refractivity contribution in [1.29, 1.82) is 0 Å². The number of benzene rings is 2. The van der Waals surface area contributed by atoms with Crippen molar-refractivity contribution < 1.29 is 18.0 Å². The van der Waals surface area contributed by atoms with Crippen LogP contribution >= 0.6 is 11.6 Å². The first-order valence-corrected chi connectivity index (χ1v) is 7.18. The van der Waals surface area contributed by atoms with E-state index < -0.39 is 23.8 Å². The summed E-state index contributed by atoms with van der Waals surface area (Å²) in [5.41, 5.74) is 6.26. The van der Waals surface area contributed by atoms with E-state index in [1.54, 1.807) is 24.3 Å². The third-order valence-electron chi connectivity index (χ3n) is 3.83. The molecule has 0 aromatic heterocycles. The van der Waals surface area contributed by atoms with Gasteiger partial charge in [-0.25, -0.2) is 0 Å². The number of anilines is 1. The van der Waals surface area contributed by atoms with E-state index >= 15 is 0 Å². The fourth-order valence-corrected chi connectivity index (χ4v) is 2.75. The molecule has 1 heterocycles. The van der Waals surface area contributed by atoms with Gasteiger partial charge in [-0.3, -0.25) is 4.79 Å². The topological polar surface area (TPSA) is 46.3 Å². The van der Waals surface area contributed by atoms with E-state index in [-0.39, 0.29) is 5.91 Å². The molecule has 3 nitrogen and oxygen atoms in total. The SMILES string of the molecule is NC1C(=O)N(c2ccc(Cl)cc2)C1c1ccc(C(F)(F)F)cc1. The molecule has 2 unspecified atom stereocenters. The normalized spacial score (nSPS) is 21.3. The van der Waals surface area contributed by atoms with Gasteiger partial charge in [-0.1, -0.05) is 23.7 Å². The van der Waals surface area contributed by atoms with Crippen LogP contribution < -0.4 is 10.6 Å². The zero-order valence-electron chi connectivity index (χ0n) is 11.7. The van der Waals surface area contributed by atoms with Gasteiger partial charge in [-0.15, -0.1) is 0 Å². The van der Waals surface area contributed by atoms with Crippen molar-refractivity contribution in [3.63, 3.8) is 0 Å². The molecule has 120 valence electrons. The van der Waals surface area contributed by atoms with Gasteiger partial charge >= 0.3 is 6.18 Å². The van der Waals surface area contributed by atoms with Crippen molar-refractivity contribution in [3.8, 4) is 0 Å². The molecular formula is C16H12ClF3N2O. The molecule has 0 saturated carbocycles. The number of β-lactam (4-membered cyclic amide) rings is 1. The fourth-order valence-electron chi connectivity index (χ4n) is 2.63. The minimum Gasteiger partial charge on any atom is -0.318 e. The van der Waals surface area contributed by atoms with E-state index in [0.717, 1.165) is 12.1 Å². The van der Waals surface area contributed by atoms with Crippen LogP contribution in [0.2, 0.25) is 5.02 Å². The van der Waals surface area contributed by atoms with Crippen LogP contribution in [0.1, 0.15) is 17.2 Å². The van der Waals surface area contributed by atoms with Gasteiger partial charge in [0.25, 0.3) is 0 Å². The lowest BCUT2D eigenvalue weighted by atomic mass is 9.88. The number of hydrogen-bond acceptors (Lipinski definition) is 2. The van der Waals surface area contributed by atoms with Crippen LogP contribution in [0, 0.1) is 0 Å². The largest absolute Gasteiger partial charge is 0.416 e. The molecule has 7 heteroatoms. The highest BCUT2D eigenvalue weighted by atomic mass is 35.5. The number of halogens is 4. The number of alkyl halides is 3. The number of nitrogens with zero attached hydrogens (tertiary/aromatic N) is 1. The van der Waals surface area contributed by atoms with Gasteiger partial charge in [0.2, 0.25) is 5.91 Å². The average molecular weight is 341 g/mol. The van der Waals surface area contributed by atoms with Crippen LogP contribution in [0.25, 0.3) is 0 Å². The summed E-state index contributed by atoms with van der Waals surface area (Å²) in [4.78, 5) is 13.5. The molecule has 0 bridgehead atoms. The third kappa shape index (κ3) is 2.80. The maximum absolute atomic E-state index is 12.6. The molecule has 1 fully saturated rings. The molecule has 1 aliphatic heterocycles. The molecule has 1 amide bonds. The molecule has 2 aromatic carbocycles. The number of nitrogens with two attached hydrogens (primary N) is 1. The van der Waals surface area contributed by atoms with Crippen molar-refractivity contribution in [2.45, 2.75) is 18.3 Å². The molecule has 1 saturated heterocycles. The summed E-state index contributed by atoms with van der Waals surface area (Å²) < 4.78 is 37.9. The molecule has 1 aliphatic rings. The standard InChI is InChI=1S/C16H12ClF3N2O/c17-11-5-7-12(8-6-11)22-14(13(21)15(22)23)9-1-3-10(4-2-9)16(18,19)20/h1-8,13-14H,21H2. The van der Waals surface area contributed by atoms with Gasteiger partial charge in [0.1, 0.15) is 6.04 Å². The van der Waals surface area contributed by atoms with Crippen LogP contribution in [0.4, 0.5) is 18.9 Å². The summed E-state index contributed by atoms with van der Waals surface area (Å²) in [7, 11) is 0. The van der Waals surface area contributed by atoms with Crippen molar-refractivity contribution >= 4 is 23.2 Å². The number of rotatable bonds is 2. The molecule has 2 atom stereocenters. The second kappa shape index (κ2) is 5.54. The van der Waals surface area contributed by atoms with Crippen molar-refractivity contribution in [1.82, 2.24) is 0 Å². The Balaban J connectivity index is 1.91. The Labute approximate surface area is 135 Å². The third-order valence-corrected chi connectivity index (χ3v) is 4.08. The lowest BCUT2D eigenvalue weighted by Crippen LogP contribution is -2.63. The lowest BCUT2D eigenvalue weighted by Gasteiger charge is -2.45. The van der Waals surface area contributed by atoms with Crippen LogP contribution in [0.15, 0.2) is 48.5 Å². The molecule has 0 spiro atoms. The van der Waals surface area contributed by atoms with E-state index in [4.69, 9.17) is 17.3 Å². The maximum Gasteiger partial charge on any atom is 0.416 e. The van der Waals surface area contributed by atoms with Crippen LogP contribution in [0.3, 0.4) is 0 Å². The second-order valence-electron chi connectivity index (χ2n) is 5.28. The van der Waals surface area contributed by atoms with E-state index in [1.807, 2.05) is 0 Å². The van der Waals surface area contributed by atoms with E-state index in [2.05, 4.69) is 0 Å². The highest BCUT2D eigenvalue weighted by molar-refractivity contribution is 6.30. The van der Waals surface area contributed by atoms with Gasteiger partial charge in [0, 0.05) is 10.7 Å². The van der Waals surface area contributed by atoms with Crippen LogP contribution in [-0.4, -0.2) is 11.9 Å². The Hall–Kier alpha value is -2.05. The fraction of sp³-hybridized carbons (Fsp3) is 0.188. The lowest BCUT2D eigenvalue weighted by molar-refractivity contribution is -0.137. The zero-order chi connectivity index (χ0) is 16.8. The van der Waals surface area contributed by atoms with Gasteiger partial charge < -0.3 is 10.6 Å². The zero-order valence-corrected chi connectivity index (χ0v) is 12.5. The second-order valence-corrected chi connectivity index (χ2v) is 5.71. The molecule has 2 N–H and O–H groups in total. The minimum absolute atomic E-state index is 0.280. The maximum atomic E-state index is 12.6. The highest BCUT2D eigenvalue weighted by Crippen LogP contribution is 2.39. The highest BCUT2D eigenvalue weighted by Gasteiger charge is 2.46. The first-order valence-electron chi connectivity index (χ1n) is 6.80. The number of carbonyl (C=O) groups is 1. The van der Waals surface area contributed by atoms with Gasteiger partial charge in [-0.2, -0.15) is 13.2 Å². The number of carbonyl (C=O) groups excluding carboxylic acids is 1. The molecular weight excluding hydrogens is 329 g/mol. The van der Waals surface area contributed by atoms with Crippen LogP contribution in [-0.2, 0) is 11.0 Å². The summed E-state index contributed by atoms with van der Waals surface area (Å²) in [6.07, 6.45) is -4.40. The van der Waals surface area contributed by atoms with Gasteiger partial charge in [-0.05, 0) is 42.0 Å². The molecule has 2 aromatic rings. The predicted octanol–water partition coefficient (Wildman–Crippen LogP) is 3.77. The van der Waals surface area contributed by atoms with Gasteiger partial charge in [0.05, 0.1) is 11.6 Å². The summed E-state index contributed by atoms with van der Waals surface area (Å²) in [6.45, 7) is 0. The monoisotopic (exact) mass is 340 g/mol. The number of hydrogen-bond donors (Lipinski definition) is 1. The van der Waals surface area contributed by atoms with E-state index in [9.17, 15) is 18.0 Å². The molecule has 3 rings (SSSR count). The molecule has 0 aliphatic carbocycles. The summed E-state index contributed by atoms with van der Waals surface area (Å²) in [6, 6.07) is 10.0. The Kier molecular flexibility index (Phi) is 3.82. The Bertz CT molecular complexity index is 728. The smallest absolute Gasteiger partial charge is 0.318 e. The average Bonchev–Trinajstić information content (AvgIpc) is 2.52. The minimum atomic E-state index is -4.40. The predicted molar refractivity (Wildman–Crippen MR) is 81.1 cm³/mol. The van der Waals surface area contributed by atoms with Crippen molar-refractivity contribution in [2.75, 3.05) is 4.90 Å². The van der Waals surface area contributed by atoms with E-state index in [1.165, 1.54) is 17.0 Å². The summed E-state index contributed by atoms with van der Waals surface area (Å²) in [5, 5.41) is 0.525. The number of amides is 1. The Morgan fingerprint density at radius 1 is 1.00 bits per heavy atom. The summed E-state index contributed by atoms with van der Waals surface area (Å²) in [5.74, 6) is -0.280. The first kappa shape index (κ1) is 15.8. The summed E-state index contributed by atoms with van der Waals surface area (Å²) >= 11 is 5.82. The first-order chi connectivity index (χ1) is 10.8. The Morgan fingerprint density at radius 2 is 1.57 bits per heavy atom. The molecule has 23 heavy (non-hydrogen) atoms. The van der Waals surface area contributed by atoms with Crippen molar-refractivity contribution in [2.24, 2.45) is 5.73 Å². The Morgan fingerprint density at radius 3 is 2.09 bits per heavy atom. The van der Waals surface area contributed by atoms with Gasteiger partial charge in [0.15, 0.2) is 0 Å².